The van der Waals surface area contributed by atoms with Gasteiger partial charge in [0.05, 0.1) is 0 Å². The molecule has 0 N–H and O–H groups in total. The van der Waals surface area contributed by atoms with Crippen molar-refractivity contribution in [3.8, 4) is 0 Å². The molecule has 0 fully saturated rings. The van der Waals surface area contributed by atoms with Gasteiger partial charge in [0.1, 0.15) is 0 Å². The van der Waals surface area contributed by atoms with E-state index in [1.165, 1.54) is 22.3 Å². The molecule has 0 saturated carbocycles. The fourth-order valence-electron chi connectivity index (χ4n) is 1.44. The molecule has 0 heterocycles. The quantitative estimate of drug-likeness (QED) is 0.424. The molecule has 0 radical (unpaired) electrons. The van der Waals surface area contributed by atoms with Crippen molar-refractivity contribution in [3.63, 3.8) is 0 Å². The summed E-state index contributed by atoms with van der Waals surface area (Å²) >= 11 is 1.77. The predicted octanol–water partition coefficient (Wildman–Crippen LogP) is -0.383. The van der Waals surface area contributed by atoms with Gasteiger partial charge < -0.3 is 24.8 Å². The summed E-state index contributed by atoms with van der Waals surface area (Å²) in [7, 11) is 0. The number of hydrogen-bond donors (Lipinski definition) is 0. The van der Waals surface area contributed by atoms with E-state index in [1.54, 1.807) is 23.3 Å². The maximum Gasteiger partial charge on any atom is -0.0635 e. The van der Waals surface area contributed by atoms with Crippen LogP contribution in [0.4, 0.5) is 0 Å². The minimum absolute atomic E-state index is 0. The van der Waals surface area contributed by atoms with E-state index in [0.29, 0.717) is 0 Å². The normalized spacial score (nSPS) is 8.64. The Labute approximate surface area is 165 Å². The first-order valence-corrected chi connectivity index (χ1v) is 12.9. The van der Waals surface area contributed by atoms with Crippen LogP contribution < -0.4 is 24.8 Å². The minimum atomic E-state index is 0. The Morgan fingerprint density at radius 1 is 0.864 bits per heavy atom. The van der Waals surface area contributed by atoms with Crippen LogP contribution in [-0.2, 0) is 23.3 Å². The van der Waals surface area contributed by atoms with Gasteiger partial charge in [0.25, 0.3) is 0 Å². The maximum atomic E-state index is 2.38. The molecule has 0 bridgehead atoms. The van der Waals surface area contributed by atoms with Crippen molar-refractivity contribution in [1.82, 2.24) is 0 Å². The zero-order valence-corrected chi connectivity index (χ0v) is 19.8. The molecule has 0 saturated heterocycles. The molecular formula is C18H28Cl2SiZr-2. The number of halogens is 2. The van der Waals surface area contributed by atoms with Crippen LogP contribution in [0, 0.1) is 27.7 Å². The van der Waals surface area contributed by atoms with Gasteiger partial charge in [-0.25, -0.2) is 23.3 Å². The summed E-state index contributed by atoms with van der Waals surface area (Å²) in [5.74, 6) is 0. The standard InChI is InChI=1S/2C7H9.C4H10Si.2ClH.Zr/c2*1-6-3-4-7(2)5-6;1-4(2)5-3;;;/h2*3-5H,1-2H3;4H,1-3H3;2*1H;/q2*-1;;;;+2/p-2. The summed E-state index contributed by atoms with van der Waals surface area (Å²) in [5, 5.41) is 0. The Kier molecular flexibility index (Phi) is 18.5. The van der Waals surface area contributed by atoms with E-state index in [2.05, 4.69) is 84.5 Å². The second-order valence-electron chi connectivity index (χ2n) is 5.77. The van der Waals surface area contributed by atoms with Crippen LogP contribution in [0.2, 0.25) is 12.1 Å². The molecule has 124 valence electrons. The van der Waals surface area contributed by atoms with E-state index in [1.807, 2.05) is 0 Å². The zero-order chi connectivity index (χ0) is 15.7. The van der Waals surface area contributed by atoms with Crippen molar-refractivity contribution in [2.24, 2.45) is 0 Å². The molecule has 0 aliphatic rings. The number of aryl methyl sites for hydroxylation is 4. The summed E-state index contributed by atoms with van der Waals surface area (Å²) in [5.41, 5.74) is 6.57. The van der Waals surface area contributed by atoms with Crippen molar-refractivity contribution in [2.75, 3.05) is 0 Å². The van der Waals surface area contributed by atoms with E-state index in [0.717, 1.165) is 5.54 Å². The molecule has 0 nitrogen and oxygen atoms in total. The first-order valence-electron chi connectivity index (χ1n) is 7.17. The molecule has 2 aromatic rings. The third-order valence-electron chi connectivity index (χ3n) is 2.99. The van der Waals surface area contributed by atoms with Crippen LogP contribution in [0.15, 0.2) is 36.4 Å². The first kappa shape index (κ1) is 27.2. The smallest absolute Gasteiger partial charge is 0.0635 e. The second-order valence-corrected chi connectivity index (χ2v) is 14.1. The van der Waals surface area contributed by atoms with Gasteiger partial charge in [-0.05, 0) is 0 Å². The van der Waals surface area contributed by atoms with Gasteiger partial charge in [-0.3, -0.25) is 0 Å². The Morgan fingerprint density at radius 3 is 1.18 bits per heavy atom. The van der Waals surface area contributed by atoms with Crippen LogP contribution in [-0.4, -0.2) is 5.43 Å². The molecule has 0 spiro atoms. The van der Waals surface area contributed by atoms with Gasteiger partial charge in [0.2, 0.25) is 0 Å². The Balaban J connectivity index is -0.000000237. The van der Waals surface area contributed by atoms with Crippen LogP contribution >= 0.6 is 0 Å². The van der Waals surface area contributed by atoms with E-state index < -0.39 is 0 Å². The molecule has 0 atom stereocenters. The Bertz CT molecular complexity index is 441. The van der Waals surface area contributed by atoms with Crippen LogP contribution in [0.25, 0.3) is 0 Å². The van der Waals surface area contributed by atoms with Crippen LogP contribution in [0.3, 0.4) is 0 Å². The van der Waals surface area contributed by atoms with Crippen LogP contribution in [0.5, 0.6) is 0 Å². The second kappa shape index (κ2) is 14.9. The molecule has 2 rings (SSSR count). The average Bonchev–Trinajstić information content (AvgIpc) is 2.89. The van der Waals surface area contributed by atoms with E-state index in [9.17, 15) is 0 Å². The van der Waals surface area contributed by atoms with E-state index in [4.69, 9.17) is 0 Å². The topological polar surface area (TPSA) is 0 Å². The summed E-state index contributed by atoms with van der Waals surface area (Å²) in [4.78, 5) is 0. The Hall–Kier alpha value is 0.380. The molecule has 0 aliphatic heterocycles. The van der Waals surface area contributed by atoms with Crippen LogP contribution in [0.1, 0.15) is 36.1 Å². The summed E-state index contributed by atoms with van der Waals surface area (Å²) in [6.07, 6.45) is 0. The molecule has 0 aromatic heterocycles. The SMILES string of the molecule is CC(C)[Si](C)=[Zr+2].Cc1c[cH-]c(C)c1.Cc1c[cH-]c(C)c1.[Cl-].[Cl-]. The first-order chi connectivity index (χ1) is 9.22. The molecule has 0 aliphatic carbocycles. The maximum absolute atomic E-state index is 2.38. The van der Waals surface area contributed by atoms with Gasteiger partial charge in [-0.1, -0.05) is 27.7 Å². The predicted molar refractivity (Wildman–Crippen MR) is 89.7 cm³/mol. The van der Waals surface area contributed by atoms with Crippen molar-refractivity contribution in [1.29, 1.82) is 0 Å². The minimum Gasteiger partial charge on any atom is -1.00 e. The van der Waals surface area contributed by atoms with Crippen molar-refractivity contribution in [3.05, 3.63) is 58.7 Å². The van der Waals surface area contributed by atoms with E-state index in [-0.39, 0.29) is 30.2 Å². The molecular weight excluding hydrogens is 406 g/mol. The number of rotatable bonds is 1. The molecule has 0 unspecified atom stereocenters. The van der Waals surface area contributed by atoms with Gasteiger partial charge in [-0.2, -0.15) is 35.4 Å². The van der Waals surface area contributed by atoms with Crippen molar-refractivity contribution >= 4 is 5.43 Å². The van der Waals surface area contributed by atoms with Gasteiger partial charge in [-0.15, -0.1) is 0 Å². The third-order valence-corrected chi connectivity index (χ3v) is 8.98. The zero-order valence-electron chi connectivity index (χ0n) is 14.8. The molecule has 22 heavy (non-hydrogen) atoms. The monoisotopic (exact) mass is 432 g/mol. The van der Waals surface area contributed by atoms with Gasteiger partial charge in [0.15, 0.2) is 0 Å². The van der Waals surface area contributed by atoms with Crippen molar-refractivity contribution < 1.29 is 48.1 Å². The van der Waals surface area contributed by atoms with E-state index >= 15 is 0 Å². The molecule has 4 heteroatoms. The third kappa shape index (κ3) is 15.3. The fourth-order valence-corrected chi connectivity index (χ4v) is 1.44. The Morgan fingerprint density at radius 2 is 1.14 bits per heavy atom. The summed E-state index contributed by atoms with van der Waals surface area (Å²) in [6, 6.07) is 12.8. The molecule has 0 amide bonds. The largest absolute Gasteiger partial charge is 1.00 e. The summed E-state index contributed by atoms with van der Waals surface area (Å²) in [6.45, 7) is 15.4. The van der Waals surface area contributed by atoms with Crippen molar-refractivity contribution in [2.45, 2.75) is 53.6 Å². The molecule has 2 aromatic carbocycles. The number of hydrogen-bond acceptors (Lipinski definition) is 0. The van der Waals surface area contributed by atoms with Gasteiger partial charge >= 0.3 is 54.7 Å². The van der Waals surface area contributed by atoms with Gasteiger partial charge in [0, 0.05) is 0 Å². The average molecular weight is 435 g/mol. The summed E-state index contributed by atoms with van der Waals surface area (Å²) < 4.78 is 0. The fraction of sp³-hybridized carbons (Fsp3) is 0.444.